The number of aromatic amines is 2. The number of hydrogen-bond acceptors (Lipinski definition) is 5. The molecule has 9 heteroatoms. The second kappa shape index (κ2) is 8.70. The molecule has 0 aliphatic rings. The lowest BCUT2D eigenvalue weighted by Crippen LogP contribution is -2.10. The van der Waals surface area contributed by atoms with Crippen LogP contribution in [0.2, 0.25) is 0 Å². The molecule has 1 amide bonds. The number of halogens is 1. The van der Waals surface area contributed by atoms with Gasteiger partial charge in [-0.15, -0.1) is 0 Å². The van der Waals surface area contributed by atoms with Crippen LogP contribution in [0.25, 0.3) is 55.8 Å². The van der Waals surface area contributed by atoms with Gasteiger partial charge in [0.15, 0.2) is 11.5 Å². The van der Waals surface area contributed by atoms with E-state index in [-0.39, 0.29) is 11.7 Å². The highest BCUT2D eigenvalue weighted by Gasteiger charge is 2.16. The summed E-state index contributed by atoms with van der Waals surface area (Å²) < 4.78 is 13.4. The van der Waals surface area contributed by atoms with Gasteiger partial charge in [-0.1, -0.05) is 31.2 Å². The molecule has 0 bridgehead atoms. The Morgan fingerprint density at radius 2 is 1.78 bits per heavy atom. The molecule has 4 heterocycles. The Labute approximate surface area is 204 Å². The van der Waals surface area contributed by atoms with Crippen LogP contribution in [0, 0.1) is 5.82 Å². The Bertz CT molecular complexity index is 1720. The van der Waals surface area contributed by atoms with E-state index in [1.165, 1.54) is 12.1 Å². The molecule has 0 spiro atoms. The van der Waals surface area contributed by atoms with Crippen LogP contribution in [-0.4, -0.2) is 36.0 Å². The molecule has 0 saturated carbocycles. The predicted molar refractivity (Wildman–Crippen MR) is 137 cm³/mol. The monoisotopic (exact) mass is 477 g/mol. The zero-order chi connectivity index (χ0) is 24.6. The van der Waals surface area contributed by atoms with Crippen molar-refractivity contribution < 1.29 is 9.18 Å². The van der Waals surface area contributed by atoms with Gasteiger partial charge in [-0.3, -0.25) is 9.89 Å². The molecule has 2 aromatic carbocycles. The number of imidazole rings is 1. The van der Waals surface area contributed by atoms with Crippen molar-refractivity contribution in [3.05, 3.63) is 78.9 Å². The van der Waals surface area contributed by atoms with Crippen molar-refractivity contribution in [3.8, 4) is 33.8 Å². The minimum absolute atomic E-state index is 0.0882. The molecule has 3 N–H and O–H groups in total. The zero-order valence-electron chi connectivity index (χ0n) is 19.2. The average molecular weight is 478 g/mol. The summed E-state index contributed by atoms with van der Waals surface area (Å²) in [5, 5.41) is 11.0. The number of nitrogens with one attached hydrogen (secondary N) is 3. The number of amides is 1. The number of anilines is 1. The lowest BCUT2D eigenvalue weighted by Gasteiger charge is -2.05. The van der Waals surface area contributed by atoms with E-state index in [0.717, 1.165) is 38.7 Å². The van der Waals surface area contributed by atoms with Crippen LogP contribution >= 0.6 is 0 Å². The first-order valence-electron chi connectivity index (χ1n) is 11.4. The minimum atomic E-state index is -0.281. The Kier molecular flexibility index (Phi) is 5.22. The summed E-state index contributed by atoms with van der Waals surface area (Å²) in [5.41, 5.74) is 6.40. The van der Waals surface area contributed by atoms with Gasteiger partial charge < -0.3 is 10.3 Å². The fourth-order valence-electron chi connectivity index (χ4n) is 4.12. The smallest absolute Gasteiger partial charge is 0.225 e. The Balaban J connectivity index is 1.39. The number of pyridine rings is 2. The molecule has 0 unspecified atom stereocenters. The van der Waals surface area contributed by atoms with E-state index >= 15 is 0 Å². The molecule has 0 saturated heterocycles. The number of aromatic nitrogens is 6. The molecule has 0 fully saturated rings. The second-order valence-electron chi connectivity index (χ2n) is 8.32. The van der Waals surface area contributed by atoms with Gasteiger partial charge in [0.2, 0.25) is 5.91 Å². The lowest BCUT2D eigenvalue weighted by atomic mass is 10.0. The number of rotatable bonds is 5. The highest BCUT2D eigenvalue weighted by molar-refractivity contribution is 5.97. The fourth-order valence-corrected chi connectivity index (χ4v) is 4.12. The number of hydrogen-bond donors (Lipinski definition) is 3. The summed E-state index contributed by atoms with van der Waals surface area (Å²) in [6.45, 7) is 1.79. The lowest BCUT2D eigenvalue weighted by molar-refractivity contribution is -0.115. The molecular formula is C27H20FN7O. The van der Waals surface area contributed by atoms with Crippen LogP contribution in [0.5, 0.6) is 0 Å². The first-order chi connectivity index (χ1) is 17.6. The highest BCUT2D eigenvalue weighted by Crippen LogP contribution is 2.32. The summed E-state index contributed by atoms with van der Waals surface area (Å²) >= 11 is 0. The van der Waals surface area contributed by atoms with E-state index in [4.69, 9.17) is 4.98 Å². The standard InChI is InChI=1S/C27H20FN7O/c1-2-23(36)32-22-11-8-16(13-29-22)17-12-20-25(34-35-26(20)30-14-17)27-31-21-5-3-4-19(24(21)33-27)15-6-9-18(28)10-7-15/h3-14H,2H2,1H3,(H,31,33)(H,29,32,36)(H,30,34,35). The maximum atomic E-state index is 13.4. The van der Waals surface area contributed by atoms with E-state index in [9.17, 15) is 9.18 Å². The number of benzene rings is 2. The van der Waals surface area contributed by atoms with Crippen molar-refractivity contribution in [1.82, 2.24) is 30.1 Å². The van der Waals surface area contributed by atoms with Crippen LogP contribution in [0.15, 0.2) is 73.1 Å². The third-order valence-electron chi connectivity index (χ3n) is 6.00. The maximum absolute atomic E-state index is 13.4. The largest absolute Gasteiger partial charge is 0.337 e. The van der Waals surface area contributed by atoms with Crippen molar-refractivity contribution >= 4 is 33.8 Å². The molecule has 36 heavy (non-hydrogen) atoms. The number of nitrogens with zero attached hydrogens (tertiary/aromatic N) is 4. The molecule has 0 radical (unpaired) electrons. The SMILES string of the molecule is CCC(=O)Nc1ccc(-c2cnc3n[nH]c(-c4nc5c(-c6ccc(F)cc6)cccc5[nH]4)c3c2)cn1. The van der Waals surface area contributed by atoms with Crippen molar-refractivity contribution in [2.75, 3.05) is 5.32 Å². The van der Waals surface area contributed by atoms with Crippen LogP contribution in [0.1, 0.15) is 13.3 Å². The molecular weight excluding hydrogens is 457 g/mol. The van der Waals surface area contributed by atoms with E-state index in [2.05, 4.69) is 30.5 Å². The average Bonchev–Trinajstić information content (AvgIpc) is 3.53. The van der Waals surface area contributed by atoms with Crippen LogP contribution < -0.4 is 5.32 Å². The maximum Gasteiger partial charge on any atom is 0.225 e. The third kappa shape index (κ3) is 3.86. The van der Waals surface area contributed by atoms with E-state index in [1.807, 2.05) is 30.3 Å². The molecule has 6 rings (SSSR count). The Morgan fingerprint density at radius 3 is 2.56 bits per heavy atom. The van der Waals surface area contributed by atoms with Gasteiger partial charge in [0.25, 0.3) is 0 Å². The molecule has 176 valence electrons. The van der Waals surface area contributed by atoms with Crippen LogP contribution in [0.3, 0.4) is 0 Å². The van der Waals surface area contributed by atoms with E-state index < -0.39 is 0 Å². The number of carbonyl (C=O) groups excluding carboxylic acids is 1. The van der Waals surface area contributed by atoms with Crippen molar-refractivity contribution in [1.29, 1.82) is 0 Å². The molecule has 4 aromatic heterocycles. The normalized spacial score (nSPS) is 11.3. The minimum Gasteiger partial charge on any atom is -0.337 e. The first kappa shape index (κ1) is 21.6. The van der Waals surface area contributed by atoms with E-state index in [1.54, 1.807) is 37.5 Å². The molecule has 0 aliphatic heterocycles. The highest BCUT2D eigenvalue weighted by atomic mass is 19.1. The zero-order valence-corrected chi connectivity index (χ0v) is 19.2. The summed E-state index contributed by atoms with van der Waals surface area (Å²) in [7, 11) is 0. The van der Waals surface area contributed by atoms with Gasteiger partial charge in [-0.05, 0) is 42.0 Å². The number of para-hydroxylation sites is 1. The fraction of sp³-hybridized carbons (Fsp3) is 0.0741. The third-order valence-corrected chi connectivity index (χ3v) is 6.00. The van der Waals surface area contributed by atoms with Gasteiger partial charge in [0.1, 0.15) is 17.3 Å². The van der Waals surface area contributed by atoms with Gasteiger partial charge >= 0.3 is 0 Å². The number of carbonyl (C=O) groups is 1. The number of fused-ring (bicyclic) bond motifs is 2. The first-order valence-corrected chi connectivity index (χ1v) is 11.4. The molecule has 0 aliphatic carbocycles. The molecule has 8 nitrogen and oxygen atoms in total. The van der Waals surface area contributed by atoms with E-state index in [0.29, 0.717) is 29.4 Å². The molecule has 0 atom stereocenters. The van der Waals surface area contributed by atoms with Gasteiger partial charge in [-0.25, -0.2) is 19.3 Å². The Hall–Kier alpha value is -4.92. The summed E-state index contributed by atoms with van der Waals surface area (Å²) in [6.07, 6.45) is 3.82. The number of H-pyrrole nitrogens is 2. The van der Waals surface area contributed by atoms with Crippen molar-refractivity contribution in [3.63, 3.8) is 0 Å². The Morgan fingerprint density at radius 1 is 0.972 bits per heavy atom. The second-order valence-corrected chi connectivity index (χ2v) is 8.32. The topological polar surface area (TPSA) is 112 Å². The summed E-state index contributed by atoms with van der Waals surface area (Å²) in [4.78, 5) is 28.7. The molecule has 6 aromatic rings. The predicted octanol–water partition coefficient (Wildman–Crippen LogP) is 5.72. The van der Waals surface area contributed by atoms with Crippen molar-refractivity contribution in [2.24, 2.45) is 0 Å². The van der Waals surface area contributed by atoms with Gasteiger partial charge in [0.05, 0.1) is 16.4 Å². The van der Waals surface area contributed by atoms with Gasteiger partial charge in [-0.2, -0.15) is 5.10 Å². The van der Waals surface area contributed by atoms with Crippen molar-refractivity contribution in [2.45, 2.75) is 13.3 Å². The quantitative estimate of drug-likeness (QED) is 0.294. The van der Waals surface area contributed by atoms with Crippen LogP contribution in [-0.2, 0) is 4.79 Å². The summed E-state index contributed by atoms with van der Waals surface area (Å²) in [6, 6.07) is 17.9. The summed E-state index contributed by atoms with van der Waals surface area (Å²) in [5.74, 6) is 0.755. The van der Waals surface area contributed by atoms with Gasteiger partial charge in [0, 0.05) is 35.5 Å². The van der Waals surface area contributed by atoms with Crippen LogP contribution in [0.4, 0.5) is 10.2 Å².